The number of nitrogens with two attached hydrogens (primary N) is 1. The summed E-state index contributed by atoms with van der Waals surface area (Å²) in [4.78, 5) is 23.9. The van der Waals surface area contributed by atoms with E-state index in [1.54, 1.807) is 12.1 Å². The fraction of sp³-hybridized carbons (Fsp3) is 0.393. The third kappa shape index (κ3) is 7.03. The van der Waals surface area contributed by atoms with Gasteiger partial charge in [0, 0.05) is 24.7 Å². The molecule has 9 nitrogen and oxygen atoms in total. The van der Waals surface area contributed by atoms with Gasteiger partial charge in [0.05, 0.1) is 17.9 Å². The van der Waals surface area contributed by atoms with Crippen molar-refractivity contribution in [3.8, 4) is 17.0 Å². The molecule has 208 valence electrons. The first kappa shape index (κ1) is 28.3. The number of nitrogen functional groups attached to an aromatic ring is 1. The predicted octanol–water partition coefficient (Wildman–Crippen LogP) is 4.50. The molecular weight excluding hydrogens is 521 g/mol. The van der Waals surface area contributed by atoms with E-state index < -0.39 is 21.7 Å². The van der Waals surface area contributed by atoms with Crippen molar-refractivity contribution in [3.05, 3.63) is 59.9 Å². The molecular formula is C28H34FN5O4S. The van der Waals surface area contributed by atoms with Gasteiger partial charge in [-0.3, -0.25) is 4.79 Å². The molecule has 1 aliphatic rings. The van der Waals surface area contributed by atoms with Crippen molar-refractivity contribution in [1.82, 2.24) is 14.7 Å². The van der Waals surface area contributed by atoms with Gasteiger partial charge in [0.1, 0.15) is 23.2 Å². The standard InChI is InChI=1S/C28H34FN5O4S/c1-5-34(15-20-11-18(20)4)27-23(28(35)33-39(36,37)26-8-6-7-25(30)32-26)9-10-24(31-27)19-12-21(29)14-22(13-19)38-16-17(2)3/h6-10,12-14,17-18,20H,5,11,15-16H2,1-4H3,(H2,30,32)(H,33,35). The number of carbonyl (C=O) groups is 1. The Bertz CT molecular complexity index is 1460. The second-order valence-corrected chi connectivity index (χ2v) is 11.9. The van der Waals surface area contributed by atoms with Crippen molar-refractivity contribution in [2.45, 2.75) is 39.1 Å². The maximum Gasteiger partial charge on any atom is 0.281 e. The molecule has 2 atom stereocenters. The van der Waals surface area contributed by atoms with Crippen molar-refractivity contribution in [2.24, 2.45) is 17.8 Å². The zero-order valence-electron chi connectivity index (χ0n) is 22.5. The van der Waals surface area contributed by atoms with Gasteiger partial charge in [-0.05, 0) is 67.5 Å². The molecule has 0 spiro atoms. The highest BCUT2D eigenvalue weighted by Crippen LogP contribution is 2.39. The smallest absolute Gasteiger partial charge is 0.281 e. The van der Waals surface area contributed by atoms with Crippen LogP contribution in [0.5, 0.6) is 5.75 Å². The molecule has 1 aromatic carbocycles. The fourth-order valence-corrected chi connectivity index (χ4v) is 5.14. The van der Waals surface area contributed by atoms with E-state index in [2.05, 4.69) is 16.6 Å². The Labute approximate surface area is 228 Å². The number of ether oxygens (including phenoxy) is 1. The number of anilines is 2. The highest BCUT2D eigenvalue weighted by atomic mass is 32.2. The molecule has 2 aromatic heterocycles. The van der Waals surface area contributed by atoms with E-state index in [-0.39, 0.29) is 22.3 Å². The van der Waals surface area contributed by atoms with Crippen LogP contribution in [0, 0.1) is 23.6 Å². The number of aromatic nitrogens is 2. The Morgan fingerprint density at radius 3 is 2.59 bits per heavy atom. The minimum absolute atomic E-state index is 0.0135. The van der Waals surface area contributed by atoms with Gasteiger partial charge < -0.3 is 15.4 Å². The average molecular weight is 556 g/mol. The van der Waals surface area contributed by atoms with Gasteiger partial charge in [0.15, 0.2) is 5.03 Å². The van der Waals surface area contributed by atoms with E-state index in [0.717, 1.165) is 6.42 Å². The second-order valence-electron chi connectivity index (χ2n) is 10.3. The van der Waals surface area contributed by atoms with Gasteiger partial charge in [0.25, 0.3) is 15.9 Å². The summed E-state index contributed by atoms with van der Waals surface area (Å²) in [7, 11) is -4.29. The number of nitrogens with one attached hydrogen (secondary N) is 1. The molecule has 2 unspecified atom stereocenters. The predicted molar refractivity (Wildman–Crippen MR) is 148 cm³/mol. The molecule has 39 heavy (non-hydrogen) atoms. The number of hydrogen-bond acceptors (Lipinski definition) is 8. The summed E-state index contributed by atoms with van der Waals surface area (Å²) in [5.74, 6) is 0.641. The molecule has 2 heterocycles. The molecule has 3 N–H and O–H groups in total. The van der Waals surface area contributed by atoms with E-state index in [9.17, 15) is 17.6 Å². The monoisotopic (exact) mass is 555 g/mol. The maximum atomic E-state index is 14.5. The van der Waals surface area contributed by atoms with Gasteiger partial charge >= 0.3 is 0 Å². The first-order chi connectivity index (χ1) is 18.5. The Hall–Kier alpha value is -3.73. The summed E-state index contributed by atoms with van der Waals surface area (Å²) in [5, 5.41) is -0.366. The lowest BCUT2D eigenvalue weighted by Gasteiger charge is -2.25. The number of amides is 1. The number of sulfonamides is 1. The van der Waals surface area contributed by atoms with Crippen LogP contribution in [-0.4, -0.2) is 44.0 Å². The van der Waals surface area contributed by atoms with Crippen molar-refractivity contribution in [3.63, 3.8) is 0 Å². The number of nitrogens with zero attached hydrogens (tertiary/aromatic N) is 3. The zero-order chi connectivity index (χ0) is 28.3. The van der Waals surface area contributed by atoms with E-state index in [1.807, 2.05) is 25.7 Å². The van der Waals surface area contributed by atoms with Crippen molar-refractivity contribution < 1.29 is 22.3 Å². The zero-order valence-corrected chi connectivity index (χ0v) is 23.3. The van der Waals surface area contributed by atoms with Crippen LogP contribution in [0.25, 0.3) is 11.3 Å². The maximum absolute atomic E-state index is 14.5. The highest BCUT2D eigenvalue weighted by molar-refractivity contribution is 7.90. The van der Waals surface area contributed by atoms with Gasteiger partial charge in [-0.25, -0.2) is 19.1 Å². The quantitative estimate of drug-likeness (QED) is 0.354. The first-order valence-corrected chi connectivity index (χ1v) is 14.4. The molecule has 0 saturated heterocycles. The molecule has 0 bridgehead atoms. The Balaban J connectivity index is 1.72. The molecule has 1 amide bonds. The van der Waals surface area contributed by atoms with E-state index >= 15 is 0 Å². The van der Waals surface area contributed by atoms with E-state index in [1.165, 1.54) is 36.4 Å². The summed E-state index contributed by atoms with van der Waals surface area (Å²) >= 11 is 0. The van der Waals surface area contributed by atoms with Crippen LogP contribution < -0.4 is 20.1 Å². The third-order valence-corrected chi connectivity index (χ3v) is 7.76. The number of halogens is 1. The van der Waals surface area contributed by atoms with Gasteiger partial charge in [-0.2, -0.15) is 8.42 Å². The molecule has 1 fully saturated rings. The molecule has 4 rings (SSSR count). The van der Waals surface area contributed by atoms with Crippen LogP contribution in [0.2, 0.25) is 0 Å². The Kier molecular flexibility index (Phi) is 8.39. The number of carbonyl (C=O) groups excluding carboxylic acids is 1. The molecule has 0 radical (unpaired) electrons. The molecule has 3 aromatic rings. The van der Waals surface area contributed by atoms with Crippen LogP contribution in [0.1, 0.15) is 44.5 Å². The summed E-state index contributed by atoms with van der Waals surface area (Å²) in [5.41, 5.74) is 6.62. The topological polar surface area (TPSA) is 128 Å². The van der Waals surface area contributed by atoms with Gasteiger partial charge in [-0.1, -0.05) is 26.8 Å². The summed E-state index contributed by atoms with van der Waals surface area (Å²) in [6, 6.07) is 11.6. The van der Waals surface area contributed by atoms with E-state index in [4.69, 9.17) is 15.5 Å². The van der Waals surface area contributed by atoms with Crippen LogP contribution in [-0.2, 0) is 10.0 Å². The lowest BCUT2D eigenvalue weighted by molar-refractivity contribution is 0.0981. The number of hydrogen-bond donors (Lipinski definition) is 2. The van der Waals surface area contributed by atoms with Gasteiger partial charge in [0.2, 0.25) is 0 Å². The normalized spacial score (nSPS) is 16.7. The fourth-order valence-electron chi connectivity index (χ4n) is 4.20. The molecule has 0 aliphatic heterocycles. The summed E-state index contributed by atoms with van der Waals surface area (Å²) in [6.07, 6.45) is 1.06. The number of rotatable bonds is 11. The van der Waals surface area contributed by atoms with Crippen molar-refractivity contribution >= 4 is 27.6 Å². The number of pyridine rings is 2. The minimum Gasteiger partial charge on any atom is -0.493 e. The Morgan fingerprint density at radius 1 is 1.21 bits per heavy atom. The molecule has 1 saturated carbocycles. The Morgan fingerprint density at radius 2 is 1.95 bits per heavy atom. The lowest BCUT2D eigenvalue weighted by Crippen LogP contribution is -2.34. The SMILES string of the molecule is CCN(CC1CC1C)c1nc(-c2cc(F)cc(OCC(C)C)c2)ccc1C(=O)NS(=O)(=O)c1cccc(N)n1. The first-order valence-electron chi connectivity index (χ1n) is 13.0. The number of benzene rings is 1. The second kappa shape index (κ2) is 11.6. The van der Waals surface area contributed by atoms with Gasteiger partial charge in [-0.15, -0.1) is 0 Å². The summed E-state index contributed by atoms with van der Waals surface area (Å²) < 4.78 is 48.1. The van der Waals surface area contributed by atoms with Crippen molar-refractivity contribution in [1.29, 1.82) is 0 Å². The molecule has 1 aliphatic carbocycles. The minimum atomic E-state index is -4.29. The van der Waals surface area contributed by atoms with Crippen LogP contribution in [0.15, 0.2) is 53.6 Å². The van der Waals surface area contributed by atoms with E-state index in [0.29, 0.717) is 54.4 Å². The van der Waals surface area contributed by atoms with Crippen LogP contribution in [0.4, 0.5) is 16.0 Å². The van der Waals surface area contributed by atoms with Crippen molar-refractivity contribution in [2.75, 3.05) is 30.3 Å². The third-order valence-electron chi connectivity index (χ3n) is 6.53. The highest BCUT2D eigenvalue weighted by Gasteiger charge is 2.35. The van der Waals surface area contributed by atoms with Crippen LogP contribution >= 0.6 is 0 Å². The summed E-state index contributed by atoms with van der Waals surface area (Å²) in [6.45, 7) is 9.73. The largest absolute Gasteiger partial charge is 0.493 e. The lowest BCUT2D eigenvalue weighted by atomic mass is 10.1. The average Bonchev–Trinajstić information content (AvgIpc) is 3.59. The molecule has 11 heteroatoms. The van der Waals surface area contributed by atoms with Crippen LogP contribution in [0.3, 0.4) is 0 Å².